The Hall–Kier alpha value is -2.38. The number of thiophene rings is 1. The number of fused-ring (bicyclic) bond motifs is 1. The van der Waals surface area contributed by atoms with E-state index in [0.717, 1.165) is 54.9 Å². The van der Waals surface area contributed by atoms with Gasteiger partial charge in [-0.05, 0) is 57.5 Å². The summed E-state index contributed by atoms with van der Waals surface area (Å²) in [5.41, 5.74) is 2.56. The number of benzene rings is 1. The smallest absolute Gasteiger partial charge is 0.146 e. The van der Waals surface area contributed by atoms with Crippen LogP contribution >= 0.6 is 11.3 Å². The third kappa shape index (κ3) is 4.08. The second-order valence-corrected chi connectivity index (χ2v) is 9.79. The minimum Gasteiger partial charge on any atom is -0.497 e. The lowest BCUT2D eigenvalue weighted by Crippen LogP contribution is -2.47. The van der Waals surface area contributed by atoms with Crippen molar-refractivity contribution in [1.29, 1.82) is 0 Å². The van der Waals surface area contributed by atoms with Crippen molar-refractivity contribution in [2.45, 2.75) is 33.2 Å². The van der Waals surface area contributed by atoms with Crippen molar-refractivity contribution in [3.05, 3.63) is 40.5 Å². The minimum atomic E-state index is 0.864. The molecule has 1 aromatic carbocycles. The molecule has 7 heteroatoms. The lowest BCUT2D eigenvalue weighted by Gasteiger charge is -2.37. The molecular weight excluding hydrogens is 406 g/mol. The van der Waals surface area contributed by atoms with Gasteiger partial charge >= 0.3 is 0 Å². The molecule has 0 N–H and O–H groups in total. The van der Waals surface area contributed by atoms with E-state index in [1.807, 2.05) is 17.4 Å². The molecule has 2 aliphatic heterocycles. The zero-order valence-electron chi connectivity index (χ0n) is 18.7. The molecule has 2 aromatic heterocycles. The molecule has 5 rings (SSSR count). The number of nitrogens with zero attached hydrogens (tertiary/aromatic N) is 5. The van der Waals surface area contributed by atoms with E-state index in [1.54, 1.807) is 7.11 Å². The van der Waals surface area contributed by atoms with Gasteiger partial charge in [-0.15, -0.1) is 11.3 Å². The zero-order chi connectivity index (χ0) is 21.4. The van der Waals surface area contributed by atoms with E-state index in [0.29, 0.717) is 0 Å². The summed E-state index contributed by atoms with van der Waals surface area (Å²) in [6.07, 6.45) is 2.58. The van der Waals surface area contributed by atoms with Crippen LogP contribution in [0.4, 0.5) is 11.5 Å². The highest BCUT2D eigenvalue weighted by Gasteiger charge is 2.24. The van der Waals surface area contributed by atoms with Crippen molar-refractivity contribution in [3.63, 3.8) is 0 Å². The summed E-state index contributed by atoms with van der Waals surface area (Å²) in [4.78, 5) is 20.0. The maximum absolute atomic E-state index is 5.41. The van der Waals surface area contributed by atoms with Gasteiger partial charge in [0.1, 0.15) is 22.2 Å². The number of anilines is 2. The predicted octanol–water partition coefficient (Wildman–Crippen LogP) is 4.24. The fourth-order valence-corrected chi connectivity index (χ4v) is 5.74. The second kappa shape index (κ2) is 8.63. The molecule has 6 nitrogen and oxygen atoms in total. The van der Waals surface area contributed by atoms with Crippen LogP contribution in [-0.4, -0.2) is 61.2 Å². The van der Waals surface area contributed by atoms with E-state index in [-0.39, 0.29) is 0 Å². The van der Waals surface area contributed by atoms with Crippen LogP contribution in [0, 0.1) is 13.8 Å². The summed E-state index contributed by atoms with van der Waals surface area (Å²) in [6, 6.07) is 8.36. The quantitative estimate of drug-likeness (QED) is 0.595. The van der Waals surface area contributed by atoms with Gasteiger partial charge in [0.2, 0.25) is 0 Å². The Balaban J connectivity index is 1.41. The molecular formula is C24H31N5OS. The van der Waals surface area contributed by atoms with Gasteiger partial charge < -0.3 is 14.5 Å². The first kappa shape index (κ1) is 20.5. The first-order valence-electron chi connectivity index (χ1n) is 11.3. The summed E-state index contributed by atoms with van der Waals surface area (Å²) >= 11 is 1.81. The highest BCUT2D eigenvalue weighted by Crippen LogP contribution is 2.36. The molecule has 0 radical (unpaired) electrons. The lowest BCUT2D eigenvalue weighted by atomic mass is 10.2. The number of hydrogen-bond donors (Lipinski definition) is 0. The van der Waals surface area contributed by atoms with Gasteiger partial charge in [-0.2, -0.15) is 0 Å². The van der Waals surface area contributed by atoms with Crippen molar-refractivity contribution in [2.75, 3.05) is 56.2 Å². The summed E-state index contributed by atoms with van der Waals surface area (Å²) in [6.45, 7) is 11.5. The number of methoxy groups -OCH3 is 1. The van der Waals surface area contributed by atoms with Crippen molar-refractivity contribution in [1.82, 2.24) is 14.9 Å². The largest absolute Gasteiger partial charge is 0.497 e. The van der Waals surface area contributed by atoms with Crippen LogP contribution in [0.15, 0.2) is 24.3 Å². The highest BCUT2D eigenvalue weighted by molar-refractivity contribution is 7.18. The average molecular weight is 438 g/mol. The van der Waals surface area contributed by atoms with Gasteiger partial charge in [0.25, 0.3) is 0 Å². The first-order valence-corrected chi connectivity index (χ1v) is 12.1. The molecule has 0 atom stereocenters. The Morgan fingerprint density at radius 2 is 1.71 bits per heavy atom. The van der Waals surface area contributed by atoms with Gasteiger partial charge in [-0.1, -0.05) is 6.07 Å². The molecule has 0 amide bonds. The fraction of sp³-hybridized carbons (Fsp3) is 0.500. The molecule has 164 valence electrons. The third-order valence-corrected chi connectivity index (χ3v) is 7.72. The topological polar surface area (TPSA) is 44.7 Å². The van der Waals surface area contributed by atoms with E-state index in [9.17, 15) is 0 Å². The van der Waals surface area contributed by atoms with Crippen molar-refractivity contribution in [2.24, 2.45) is 0 Å². The van der Waals surface area contributed by atoms with Gasteiger partial charge in [-0.3, -0.25) is 4.90 Å². The molecule has 31 heavy (non-hydrogen) atoms. The molecule has 0 bridgehead atoms. The second-order valence-electron chi connectivity index (χ2n) is 8.59. The maximum atomic E-state index is 5.41. The van der Waals surface area contributed by atoms with E-state index < -0.39 is 0 Å². The van der Waals surface area contributed by atoms with Crippen LogP contribution in [-0.2, 0) is 6.54 Å². The van der Waals surface area contributed by atoms with Crippen molar-refractivity contribution < 1.29 is 4.74 Å². The summed E-state index contributed by atoms with van der Waals surface area (Å²) < 4.78 is 5.41. The van der Waals surface area contributed by atoms with Gasteiger partial charge in [0.15, 0.2) is 0 Å². The van der Waals surface area contributed by atoms with E-state index in [4.69, 9.17) is 14.7 Å². The minimum absolute atomic E-state index is 0.864. The van der Waals surface area contributed by atoms with Gasteiger partial charge in [-0.25, -0.2) is 9.97 Å². The van der Waals surface area contributed by atoms with E-state index in [1.165, 1.54) is 47.4 Å². The van der Waals surface area contributed by atoms with Crippen molar-refractivity contribution in [3.8, 4) is 5.75 Å². The number of likely N-dealkylation sites (tertiary alicyclic amines) is 1. The van der Waals surface area contributed by atoms with Crippen LogP contribution in [0.3, 0.4) is 0 Å². The molecule has 0 unspecified atom stereocenters. The molecule has 2 saturated heterocycles. The van der Waals surface area contributed by atoms with E-state index in [2.05, 4.69) is 46.7 Å². The molecule has 0 aliphatic carbocycles. The van der Waals surface area contributed by atoms with Crippen LogP contribution < -0.4 is 14.5 Å². The molecule has 2 aliphatic rings. The summed E-state index contributed by atoms with van der Waals surface area (Å²) in [5, 5.41) is 1.25. The standard InChI is InChI=1S/C24H31N5OS/c1-17-18(2)31-24-22(17)23(25-21(26-24)16-27-9-4-5-10-27)29-13-11-28(12-14-29)19-7-6-8-20(15-19)30-3/h6-8,15H,4-5,9-14,16H2,1-3H3. The first-order chi connectivity index (χ1) is 15.1. The fourth-order valence-electron chi connectivity index (χ4n) is 4.70. The predicted molar refractivity (Wildman–Crippen MR) is 129 cm³/mol. The number of piperazine rings is 1. The molecule has 0 saturated carbocycles. The number of rotatable bonds is 5. The summed E-state index contributed by atoms with van der Waals surface area (Å²) in [7, 11) is 1.72. The average Bonchev–Trinajstić information content (AvgIpc) is 3.41. The summed E-state index contributed by atoms with van der Waals surface area (Å²) in [5.74, 6) is 3.01. The van der Waals surface area contributed by atoms with Crippen LogP contribution in [0.25, 0.3) is 10.2 Å². The third-order valence-electron chi connectivity index (χ3n) is 6.62. The van der Waals surface area contributed by atoms with Crippen LogP contribution in [0.2, 0.25) is 0 Å². The Kier molecular flexibility index (Phi) is 5.71. The lowest BCUT2D eigenvalue weighted by molar-refractivity contribution is 0.323. The van der Waals surface area contributed by atoms with Gasteiger partial charge in [0, 0.05) is 42.8 Å². The maximum Gasteiger partial charge on any atom is 0.146 e. The highest BCUT2D eigenvalue weighted by atomic mass is 32.1. The van der Waals surface area contributed by atoms with Crippen molar-refractivity contribution >= 4 is 33.1 Å². The molecule has 2 fully saturated rings. The Morgan fingerprint density at radius 3 is 2.45 bits per heavy atom. The molecule has 3 aromatic rings. The van der Waals surface area contributed by atoms with Gasteiger partial charge in [0.05, 0.1) is 19.0 Å². The number of aryl methyl sites for hydroxylation is 2. The SMILES string of the molecule is COc1cccc(N2CCN(c3nc(CN4CCCC4)nc4sc(C)c(C)c34)CC2)c1. The molecule has 0 spiro atoms. The normalized spacial score (nSPS) is 17.6. The molecule has 4 heterocycles. The number of ether oxygens (including phenoxy) is 1. The zero-order valence-corrected chi connectivity index (χ0v) is 19.5. The number of hydrogen-bond acceptors (Lipinski definition) is 7. The Morgan fingerprint density at radius 1 is 0.968 bits per heavy atom. The van der Waals surface area contributed by atoms with Crippen LogP contribution in [0.5, 0.6) is 5.75 Å². The van der Waals surface area contributed by atoms with E-state index >= 15 is 0 Å². The van der Waals surface area contributed by atoms with Crippen LogP contribution in [0.1, 0.15) is 29.1 Å². The number of aromatic nitrogens is 2. The Bertz CT molecular complexity index is 1070. The Labute approximate surface area is 188 Å². The monoisotopic (exact) mass is 437 g/mol.